The molecule has 0 spiro atoms. The summed E-state index contributed by atoms with van der Waals surface area (Å²) in [6.07, 6.45) is -4.73. The number of aliphatic hydroxyl groups excluding tert-OH is 1. The summed E-state index contributed by atoms with van der Waals surface area (Å²) >= 11 is 4.03. The highest BCUT2D eigenvalue weighted by molar-refractivity contribution is 7.80. The quantitative estimate of drug-likeness (QED) is 0.303. The van der Waals surface area contributed by atoms with E-state index in [-0.39, 0.29) is 0 Å². The predicted molar refractivity (Wildman–Crippen MR) is 110 cm³/mol. The molecule has 2 heterocycles. The molecule has 1 aliphatic heterocycles. The van der Waals surface area contributed by atoms with Crippen LogP contribution in [-0.2, 0) is 30.3 Å². The van der Waals surface area contributed by atoms with Crippen molar-refractivity contribution >= 4 is 35.8 Å². The second kappa shape index (κ2) is 8.49. The maximum atomic E-state index is 12.7. The Balaban J connectivity index is 2.59. The van der Waals surface area contributed by atoms with Crippen molar-refractivity contribution in [3.05, 3.63) is 29.6 Å². The van der Waals surface area contributed by atoms with Crippen molar-refractivity contribution in [2.45, 2.75) is 68.5 Å². The number of Topliss-reactive ketones (excluding diaryl/α,β-unsaturated/α-hetero) is 4. The molecule has 11 heteroatoms. The van der Waals surface area contributed by atoms with Crippen molar-refractivity contribution in [2.75, 3.05) is 0 Å². The van der Waals surface area contributed by atoms with E-state index < -0.39 is 63.9 Å². The molecule has 31 heavy (non-hydrogen) atoms. The molecule has 1 saturated heterocycles. The molecule has 1 unspecified atom stereocenters. The normalized spacial score (nSPS) is 34.1. The number of aryl methyl sites for hydroxylation is 1. The number of hydrogen-bond acceptors (Lipinski definition) is 11. The minimum atomic E-state index is -3.24. The van der Waals surface area contributed by atoms with Gasteiger partial charge in [-0.3, -0.25) is 24.2 Å². The smallest absolute Gasteiger partial charge is 0.190 e. The van der Waals surface area contributed by atoms with Crippen LogP contribution in [-0.4, -0.2) is 77.8 Å². The molecule has 10 nitrogen and oxygen atoms in total. The summed E-state index contributed by atoms with van der Waals surface area (Å²) in [7, 11) is 0. The molecule has 6 atom stereocenters. The lowest BCUT2D eigenvalue weighted by atomic mass is 9.59. The standard InChI is InChI=1S/C20H26N2O8S/c1-9-6-5-7-13(22-9)8-14(26)15(27)16-19(28,11(3)24)20(29,12(4)25)18(21,10(2)23)17(31)30-16/h5-7,15-17,27-29,31H,8,21H2,1-4H3/t15?,16-,17+,18+,19-,20-/m1/s1. The van der Waals surface area contributed by atoms with Gasteiger partial charge in [-0.25, -0.2) is 0 Å². The largest absolute Gasteiger partial charge is 0.382 e. The molecule has 5 N–H and O–H groups in total. The second-order valence-corrected chi connectivity index (χ2v) is 8.25. The lowest BCUT2D eigenvalue weighted by Crippen LogP contribution is -2.89. The maximum absolute atomic E-state index is 12.7. The minimum Gasteiger partial charge on any atom is -0.382 e. The molecule has 0 aromatic carbocycles. The van der Waals surface area contributed by atoms with Gasteiger partial charge in [0.05, 0.1) is 6.42 Å². The fraction of sp³-hybridized carbons (Fsp3) is 0.550. The Kier molecular flexibility index (Phi) is 6.91. The molecule has 1 aromatic rings. The van der Waals surface area contributed by atoms with E-state index >= 15 is 0 Å². The molecular weight excluding hydrogens is 428 g/mol. The van der Waals surface area contributed by atoms with Gasteiger partial charge < -0.3 is 25.8 Å². The van der Waals surface area contributed by atoms with Gasteiger partial charge in [-0.15, -0.1) is 12.6 Å². The fourth-order valence-electron chi connectivity index (χ4n) is 3.94. The van der Waals surface area contributed by atoms with Crippen LogP contribution in [0.2, 0.25) is 0 Å². The molecule has 0 amide bonds. The lowest BCUT2D eigenvalue weighted by Gasteiger charge is -2.58. The van der Waals surface area contributed by atoms with E-state index in [1.807, 2.05) is 0 Å². The Morgan fingerprint density at radius 2 is 1.74 bits per heavy atom. The van der Waals surface area contributed by atoms with E-state index in [1.165, 1.54) is 6.07 Å². The van der Waals surface area contributed by atoms with Crippen molar-refractivity contribution in [1.82, 2.24) is 4.98 Å². The molecule has 1 aromatic heterocycles. The number of carbonyl (C=O) groups excluding carboxylic acids is 4. The van der Waals surface area contributed by atoms with Gasteiger partial charge in [0.1, 0.15) is 23.2 Å². The number of thiol groups is 1. The van der Waals surface area contributed by atoms with Crippen LogP contribution in [0.3, 0.4) is 0 Å². The average Bonchev–Trinajstić information content (AvgIpc) is 2.67. The van der Waals surface area contributed by atoms with Crippen LogP contribution in [0.1, 0.15) is 32.2 Å². The first-order valence-corrected chi connectivity index (χ1v) is 9.90. The fourth-order valence-corrected chi connectivity index (χ4v) is 4.44. The number of carbonyl (C=O) groups is 4. The highest BCUT2D eigenvalue weighted by Gasteiger charge is 2.77. The predicted octanol–water partition coefficient (Wildman–Crippen LogP) is -1.56. The third-order valence-corrected chi connectivity index (χ3v) is 6.30. The molecule has 0 radical (unpaired) electrons. The van der Waals surface area contributed by atoms with E-state index in [9.17, 15) is 34.5 Å². The third-order valence-electron chi connectivity index (χ3n) is 5.77. The van der Waals surface area contributed by atoms with E-state index in [2.05, 4.69) is 17.6 Å². The van der Waals surface area contributed by atoms with E-state index in [0.29, 0.717) is 11.4 Å². The Hall–Kier alpha value is -2.02. The molecule has 1 fully saturated rings. The summed E-state index contributed by atoms with van der Waals surface area (Å²) < 4.78 is 5.37. The monoisotopic (exact) mass is 454 g/mol. The second-order valence-electron chi connectivity index (χ2n) is 7.78. The first-order valence-electron chi connectivity index (χ1n) is 9.39. The SMILES string of the molecule is CC(=O)[C@]1(O)[C@@](O)(C(C)=O)[C@@H](C(O)C(=O)Cc2cccc(C)n2)O[C@@H](S)[C@@]1(N)C(C)=O. The Morgan fingerprint density at radius 3 is 2.19 bits per heavy atom. The highest BCUT2D eigenvalue weighted by Crippen LogP contribution is 2.47. The van der Waals surface area contributed by atoms with E-state index in [1.54, 1.807) is 19.1 Å². The van der Waals surface area contributed by atoms with Gasteiger partial charge in [0, 0.05) is 11.4 Å². The Bertz CT molecular complexity index is 940. The highest BCUT2D eigenvalue weighted by atomic mass is 32.1. The minimum absolute atomic E-state index is 0.299. The molecule has 170 valence electrons. The number of aromatic nitrogens is 1. The Labute approximate surface area is 184 Å². The van der Waals surface area contributed by atoms with Crippen molar-refractivity contribution in [3.63, 3.8) is 0 Å². The molecular formula is C20H26N2O8S. The Morgan fingerprint density at radius 1 is 1.16 bits per heavy atom. The van der Waals surface area contributed by atoms with Gasteiger partial charge in [0.2, 0.25) is 0 Å². The number of aliphatic hydroxyl groups is 3. The molecule has 2 rings (SSSR count). The average molecular weight is 455 g/mol. The summed E-state index contributed by atoms with van der Waals surface area (Å²) in [5, 5.41) is 33.3. The number of nitrogens with two attached hydrogens (primary N) is 1. The van der Waals surface area contributed by atoms with Gasteiger partial charge >= 0.3 is 0 Å². The summed E-state index contributed by atoms with van der Waals surface area (Å²) in [5.74, 6) is -4.41. The summed E-state index contributed by atoms with van der Waals surface area (Å²) in [6, 6.07) is 4.88. The van der Waals surface area contributed by atoms with Crippen molar-refractivity contribution in [1.29, 1.82) is 0 Å². The van der Waals surface area contributed by atoms with Gasteiger partial charge in [-0.1, -0.05) is 6.07 Å². The van der Waals surface area contributed by atoms with Gasteiger partial charge in [-0.2, -0.15) is 0 Å². The molecule has 0 aliphatic carbocycles. The van der Waals surface area contributed by atoms with Crippen LogP contribution in [0.15, 0.2) is 18.2 Å². The molecule has 0 bridgehead atoms. The number of ether oxygens (including phenoxy) is 1. The number of rotatable bonds is 7. The van der Waals surface area contributed by atoms with Crippen LogP contribution >= 0.6 is 12.6 Å². The van der Waals surface area contributed by atoms with Crippen LogP contribution in [0.25, 0.3) is 0 Å². The zero-order chi connectivity index (χ0) is 23.9. The van der Waals surface area contributed by atoms with Crippen LogP contribution < -0.4 is 5.73 Å². The van der Waals surface area contributed by atoms with Crippen molar-refractivity contribution in [3.8, 4) is 0 Å². The van der Waals surface area contributed by atoms with Gasteiger partial charge in [0.25, 0.3) is 0 Å². The molecule has 1 aliphatic rings. The number of ketones is 4. The van der Waals surface area contributed by atoms with Crippen LogP contribution in [0.5, 0.6) is 0 Å². The zero-order valence-corrected chi connectivity index (χ0v) is 18.4. The van der Waals surface area contributed by atoms with Gasteiger partial charge in [-0.05, 0) is 39.8 Å². The first-order chi connectivity index (χ1) is 14.1. The van der Waals surface area contributed by atoms with E-state index in [4.69, 9.17) is 10.5 Å². The summed E-state index contributed by atoms with van der Waals surface area (Å²) in [5.41, 5.74) is -3.95. The topological polar surface area (TPSA) is 177 Å². The first kappa shape index (κ1) is 25.2. The van der Waals surface area contributed by atoms with Crippen molar-refractivity contribution in [2.24, 2.45) is 5.73 Å². The van der Waals surface area contributed by atoms with Crippen molar-refractivity contribution < 1.29 is 39.2 Å². The van der Waals surface area contributed by atoms with Crippen LogP contribution in [0, 0.1) is 6.92 Å². The third kappa shape index (κ3) is 3.65. The zero-order valence-electron chi connectivity index (χ0n) is 17.5. The summed E-state index contributed by atoms with van der Waals surface area (Å²) in [6.45, 7) is 4.24. The number of nitrogens with zero attached hydrogens (tertiary/aromatic N) is 1. The maximum Gasteiger partial charge on any atom is 0.190 e. The molecule has 0 saturated carbocycles. The summed E-state index contributed by atoms with van der Waals surface area (Å²) in [4.78, 5) is 54.2. The number of pyridine rings is 1. The van der Waals surface area contributed by atoms with Crippen LogP contribution in [0.4, 0.5) is 0 Å². The van der Waals surface area contributed by atoms with Gasteiger partial charge in [0.15, 0.2) is 34.3 Å². The lowest BCUT2D eigenvalue weighted by molar-refractivity contribution is -0.276. The van der Waals surface area contributed by atoms with E-state index in [0.717, 1.165) is 20.8 Å². The number of hydrogen-bond donors (Lipinski definition) is 5.